The second kappa shape index (κ2) is 13.1. The molecule has 2 rings (SSSR count). The predicted octanol–water partition coefficient (Wildman–Crippen LogP) is -12.0. The number of nitrogens with one attached hydrogen (secondary N) is 1. The predicted molar refractivity (Wildman–Crippen MR) is 77.8 cm³/mol. The summed E-state index contributed by atoms with van der Waals surface area (Å²) in [6.07, 6.45) is -4.53. The molecule has 0 aliphatic carbocycles. The SMILES string of the molecule is O=c1ccn(C2OC(COP(=O)([O-])CP(=O)([O-])[O-])C(O)C2O)c(=S)[nH]1.[Na+].[Na+].[Na+]. The molecule has 5 unspecified atom stereocenters. The number of hydrogen-bond acceptors (Lipinski definition) is 11. The Balaban J connectivity index is 0. The molecule has 0 bridgehead atoms. The van der Waals surface area contributed by atoms with Gasteiger partial charge in [0.25, 0.3) is 5.56 Å². The maximum absolute atomic E-state index is 11.4. The number of rotatable bonds is 6. The molecule has 0 aromatic carbocycles. The van der Waals surface area contributed by atoms with E-state index in [4.69, 9.17) is 17.0 Å². The van der Waals surface area contributed by atoms with Crippen LogP contribution in [0.3, 0.4) is 0 Å². The van der Waals surface area contributed by atoms with E-state index in [0.29, 0.717) is 0 Å². The van der Waals surface area contributed by atoms with Gasteiger partial charge in [0.2, 0.25) is 0 Å². The second-order valence-electron chi connectivity index (χ2n) is 5.22. The van der Waals surface area contributed by atoms with Crippen molar-refractivity contribution in [2.75, 3.05) is 12.5 Å². The Morgan fingerprint density at radius 3 is 2.29 bits per heavy atom. The third-order valence-electron chi connectivity index (χ3n) is 3.24. The standard InChI is InChI=1S/C10H16N2O10P2S.3Na/c13-6-1-2-12(10(25)11-6)9-8(15)7(14)5(22-9)3-21-24(19,20)4-23(16,17)18;;;/h1-2,5,7-9,14-15H,3-4H2,(H,19,20)(H,11,13,25)(H2,16,17,18);;;/q;3*+1/p-3. The summed E-state index contributed by atoms with van der Waals surface area (Å²) in [5, 5.41) is 19.9. The molecule has 28 heavy (non-hydrogen) atoms. The van der Waals surface area contributed by atoms with Crippen LogP contribution in [-0.2, 0) is 18.4 Å². The first-order valence-corrected chi connectivity index (χ1v) is 10.5. The van der Waals surface area contributed by atoms with E-state index in [9.17, 15) is 38.8 Å². The zero-order valence-corrected chi connectivity index (χ0v) is 23.9. The molecule has 1 saturated heterocycles. The first-order chi connectivity index (χ1) is 11.4. The molecule has 0 radical (unpaired) electrons. The van der Waals surface area contributed by atoms with E-state index in [-0.39, 0.29) is 93.4 Å². The molecule has 0 spiro atoms. The number of hydrogen-bond donors (Lipinski definition) is 3. The Labute approximate surface area is 230 Å². The van der Waals surface area contributed by atoms with Gasteiger partial charge in [0, 0.05) is 18.2 Å². The van der Waals surface area contributed by atoms with E-state index in [1.807, 2.05) is 0 Å². The van der Waals surface area contributed by atoms with Crippen LogP contribution in [-0.4, -0.2) is 50.6 Å². The molecule has 142 valence electrons. The Morgan fingerprint density at radius 1 is 1.21 bits per heavy atom. The summed E-state index contributed by atoms with van der Waals surface area (Å²) in [7, 11) is -10.4. The minimum atomic E-state index is -5.35. The molecule has 1 aliphatic heterocycles. The molecular formula is C10H13N2Na3O10P2S. The molecule has 1 aromatic heterocycles. The van der Waals surface area contributed by atoms with Gasteiger partial charge >= 0.3 is 88.7 Å². The zero-order chi connectivity index (χ0) is 19.0. The van der Waals surface area contributed by atoms with Gasteiger partial charge in [0.15, 0.2) is 11.0 Å². The van der Waals surface area contributed by atoms with Crippen LogP contribution in [0.1, 0.15) is 6.23 Å². The first-order valence-electron chi connectivity index (χ1n) is 6.68. The summed E-state index contributed by atoms with van der Waals surface area (Å²) in [4.78, 5) is 45.9. The third-order valence-corrected chi connectivity index (χ3v) is 6.87. The third kappa shape index (κ3) is 9.41. The van der Waals surface area contributed by atoms with Crippen LogP contribution in [0.2, 0.25) is 0 Å². The van der Waals surface area contributed by atoms with Crippen molar-refractivity contribution in [1.82, 2.24) is 9.55 Å². The molecule has 1 aromatic rings. The monoisotopic (exact) mass is 484 g/mol. The molecule has 1 fully saturated rings. The molecule has 5 atom stereocenters. The van der Waals surface area contributed by atoms with Crippen LogP contribution >= 0.6 is 27.4 Å². The van der Waals surface area contributed by atoms with Gasteiger partial charge in [0.1, 0.15) is 25.9 Å². The number of aliphatic hydroxyl groups excluding tert-OH is 2. The van der Waals surface area contributed by atoms with E-state index >= 15 is 0 Å². The van der Waals surface area contributed by atoms with Crippen molar-refractivity contribution in [1.29, 1.82) is 0 Å². The van der Waals surface area contributed by atoms with E-state index in [1.54, 1.807) is 0 Å². The summed E-state index contributed by atoms with van der Waals surface area (Å²) < 4.78 is 32.6. The fourth-order valence-electron chi connectivity index (χ4n) is 2.16. The van der Waals surface area contributed by atoms with Crippen molar-refractivity contribution in [3.8, 4) is 0 Å². The molecule has 1 aliphatic rings. The second-order valence-corrected chi connectivity index (χ2v) is 9.44. The van der Waals surface area contributed by atoms with E-state index < -0.39 is 57.8 Å². The van der Waals surface area contributed by atoms with Gasteiger partial charge in [-0.3, -0.25) is 14.3 Å². The van der Waals surface area contributed by atoms with Gasteiger partial charge in [-0.2, -0.15) is 0 Å². The number of aromatic nitrogens is 2. The van der Waals surface area contributed by atoms with Crippen LogP contribution in [0.4, 0.5) is 0 Å². The van der Waals surface area contributed by atoms with Crippen molar-refractivity contribution in [2.45, 2.75) is 24.5 Å². The van der Waals surface area contributed by atoms with Crippen LogP contribution in [0.25, 0.3) is 0 Å². The summed E-state index contributed by atoms with van der Waals surface area (Å²) in [5.41, 5.74) is -0.499. The molecule has 0 saturated carbocycles. The average Bonchev–Trinajstić information content (AvgIpc) is 2.71. The van der Waals surface area contributed by atoms with E-state index in [0.717, 1.165) is 10.6 Å². The molecule has 12 nitrogen and oxygen atoms in total. The molecule has 2 heterocycles. The van der Waals surface area contributed by atoms with Gasteiger partial charge in [0.05, 0.1) is 6.61 Å². The Kier molecular flexibility index (Phi) is 15.2. The van der Waals surface area contributed by atoms with Crippen molar-refractivity contribution in [3.05, 3.63) is 27.4 Å². The first kappa shape index (κ1) is 32.5. The van der Waals surface area contributed by atoms with Crippen LogP contribution in [0.15, 0.2) is 17.1 Å². The molecule has 0 amide bonds. The Morgan fingerprint density at radius 2 is 1.79 bits per heavy atom. The molecular weight excluding hydrogens is 471 g/mol. The van der Waals surface area contributed by atoms with E-state index in [1.165, 1.54) is 6.20 Å². The maximum Gasteiger partial charge on any atom is 1.00 e. The van der Waals surface area contributed by atoms with Gasteiger partial charge in [-0.25, -0.2) is 0 Å². The van der Waals surface area contributed by atoms with Crippen molar-refractivity contribution < 1.29 is 132 Å². The van der Waals surface area contributed by atoms with Crippen LogP contribution < -0.4 is 109 Å². The molecule has 18 heteroatoms. The summed E-state index contributed by atoms with van der Waals surface area (Å²) in [6, 6.07) is 1.09. The smallest absolute Gasteiger partial charge is 0.810 e. The minimum absolute atomic E-state index is 0. The quantitative estimate of drug-likeness (QED) is 0.197. The van der Waals surface area contributed by atoms with E-state index in [2.05, 4.69) is 9.51 Å². The number of ether oxygens (including phenoxy) is 1. The Hall–Kier alpha value is 2.28. The van der Waals surface area contributed by atoms with Crippen LogP contribution in [0, 0.1) is 4.77 Å². The number of nitrogens with zero attached hydrogens (tertiary/aromatic N) is 1. The molecule has 3 N–H and O–H groups in total. The fourth-order valence-corrected chi connectivity index (χ4v) is 4.83. The van der Waals surface area contributed by atoms with Gasteiger partial charge in [-0.15, -0.1) is 0 Å². The summed E-state index contributed by atoms with van der Waals surface area (Å²) >= 11 is 4.90. The summed E-state index contributed by atoms with van der Waals surface area (Å²) in [6.45, 7) is -0.827. The summed E-state index contributed by atoms with van der Waals surface area (Å²) in [5.74, 6) is -1.72. The number of aliphatic hydroxyl groups is 2. The van der Waals surface area contributed by atoms with Crippen molar-refractivity contribution in [2.24, 2.45) is 0 Å². The maximum atomic E-state index is 11.4. The number of aromatic amines is 1. The normalized spacial score (nSPS) is 26.3. The van der Waals surface area contributed by atoms with Crippen molar-refractivity contribution >= 4 is 27.4 Å². The van der Waals surface area contributed by atoms with Crippen LogP contribution in [0.5, 0.6) is 0 Å². The number of H-pyrrole nitrogens is 1. The Bertz CT molecular complexity index is 847. The van der Waals surface area contributed by atoms with Crippen molar-refractivity contribution in [3.63, 3.8) is 0 Å². The van der Waals surface area contributed by atoms with Gasteiger partial charge < -0.3 is 43.3 Å². The fraction of sp³-hybridized carbons (Fsp3) is 0.600. The topological polar surface area (TPSA) is 200 Å². The van der Waals surface area contributed by atoms with Gasteiger partial charge in [-0.05, 0) is 12.2 Å². The average molecular weight is 484 g/mol. The zero-order valence-electron chi connectivity index (χ0n) is 15.3. The van der Waals surface area contributed by atoms with Gasteiger partial charge in [-0.1, -0.05) is 7.60 Å². The minimum Gasteiger partial charge on any atom is -0.810 e. The largest absolute Gasteiger partial charge is 1.00 e.